The highest BCUT2D eigenvalue weighted by molar-refractivity contribution is 7.87. The zero-order chi connectivity index (χ0) is 24.1. The van der Waals surface area contributed by atoms with Crippen molar-refractivity contribution in [2.45, 2.75) is 41.6 Å². The van der Waals surface area contributed by atoms with Gasteiger partial charge >= 0.3 is 51.7 Å². The molecule has 0 aliphatic heterocycles. The third-order valence-electron chi connectivity index (χ3n) is 2.48. The summed E-state index contributed by atoms with van der Waals surface area (Å²) in [6, 6.07) is 0. The molecule has 5 nitrogen and oxygen atoms in total. The summed E-state index contributed by atoms with van der Waals surface area (Å²) in [5, 5.41) is -7.46. The Bertz CT molecular complexity index is 694. The zero-order valence-corrected chi connectivity index (χ0v) is 13.2. The lowest BCUT2D eigenvalue weighted by atomic mass is 10.2. The molecule has 0 aromatic rings. The summed E-state index contributed by atoms with van der Waals surface area (Å²) in [7, 11) is -7.61. The van der Waals surface area contributed by atoms with Crippen molar-refractivity contribution in [3.63, 3.8) is 0 Å². The van der Waals surface area contributed by atoms with Gasteiger partial charge in [0.05, 0.1) is 0 Å². The standard InChI is InChI=1S/C8H3F15O5S/c9-2(10,11)1-27-7(20,21)4(14,5(15,16)17)28-6(18,19)3(12,13)8(22,23)29(24,25)26/h1H2,(H,24,25,26). The molecular formula is C8H3F15O5S. The first-order valence-electron chi connectivity index (χ1n) is 5.81. The average Bonchev–Trinajstić information content (AvgIpc) is 2.41. The molecule has 0 aliphatic rings. The largest absolute Gasteiger partial charge is 0.458 e. The van der Waals surface area contributed by atoms with Gasteiger partial charge in [-0.15, -0.1) is 0 Å². The van der Waals surface area contributed by atoms with Crippen molar-refractivity contribution in [1.82, 2.24) is 0 Å². The third kappa shape index (κ3) is 5.10. The van der Waals surface area contributed by atoms with Crippen molar-refractivity contribution in [1.29, 1.82) is 0 Å². The van der Waals surface area contributed by atoms with Crippen LogP contribution in [0.4, 0.5) is 65.9 Å². The molecule has 0 aliphatic carbocycles. The predicted octanol–water partition coefficient (Wildman–Crippen LogP) is 4.11. The minimum Gasteiger partial charge on any atom is -0.306 e. The summed E-state index contributed by atoms with van der Waals surface area (Å²) < 4.78 is 221. The van der Waals surface area contributed by atoms with Crippen molar-refractivity contribution in [3.8, 4) is 0 Å². The summed E-state index contributed by atoms with van der Waals surface area (Å²) >= 11 is 0. The van der Waals surface area contributed by atoms with E-state index >= 15 is 0 Å². The van der Waals surface area contributed by atoms with Gasteiger partial charge in [0.25, 0.3) is 0 Å². The molecule has 29 heavy (non-hydrogen) atoms. The molecule has 0 spiro atoms. The number of hydrogen-bond donors (Lipinski definition) is 1. The SMILES string of the molecule is O=S(=O)(O)C(F)(F)C(F)(F)C(F)(F)OC(F)(C(F)(F)F)C(F)(F)OCC(F)(F)F. The topological polar surface area (TPSA) is 72.8 Å². The van der Waals surface area contributed by atoms with E-state index in [1.54, 1.807) is 0 Å². The first-order valence-corrected chi connectivity index (χ1v) is 7.25. The smallest absolute Gasteiger partial charge is 0.306 e. The van der Waals surface area contributed by atoms with Crippen molar-refractivity contribution in [2.24, 2.45) is 0 Å². The normalized spacial score (nSPS) is 17.9. The number of hydrogen-bond acceptors (Lipinski definition) is 4. The van der Waals surface area contributed by atoms with Gasteiger partial charge in [-0.2, -0.15) is 74.3 Å². The van der Waals surface area contributed by atoms with Crippen molar-refractivity contribution >= 4 is 10.1 Å². The van der Waals surface area contributed by atoms with Crippen LogP contribution in [-0.4, -0.2) is 61.2 Å². The lowest BCUT2D eigenvalue weighted by Gasteiger charge is -2.38. The molecular weight excluding hydrogens is 493 g/mol. The van der Waals surface area contributed by atoms with Crippen LogP contribution < -0.4 is 0 Å². The Labute approximate surface area is 148 Å². The Morgan fingerprint density at radius 2 is 1.07 bits per heavy atom. The Morgan fingerprint density at radius 3 is 1.34 bits per heavy atom. The summed E-state index contributed by atoms with van der Waals surface area (Å²) in [6.45, 7) is -3.51. The second-order valence-electron chi connectivity index (χ2n) is 4.70. The van der Waals surface area contributed by atoms with Crippen LogP contribution in [0.15, 0.2) is 0 Å². The zero-order valence-electron chi connectivity index (χ0n) is 12.4. The van der Waals surface area contributed by atoms with Crippen LogP contribution in [0, 0.1) is 0 Å². The Hall–Kier alpha value is -1.22. The van der Waals surface area contributed by atoms with Gasteiger partial charge in [-0.1, -0.05) is 0 Å². The van der Waals surface area contributed by atoms with Crippen LogP contribution in [0.3, 0.4) is 0 Å². The molecule has 1 unspecified atom stereocenters. The average molecular weight is 496 g/mol. The second-order valence-corrected chi connectivity index (χ2v) is 6.16. The third-order valence-corrected chi connectivity index (χ3v) is 3.38. The lowest BCUT2D eigenvalue weighted by molar-refractivity contribution is -0.527. The van der Waals surface area contributed by atoms with Crippen LogP contribution in [0.5, 0.6) is 0 Å². The Morgan fingerprint density at radius 1 is 0.690 bits per heavy atom. The summed E-state index contributed by atoms with van der Waals surface area (Å²) in [6.07, 6.45) is -28.7. The van der Waals surface area contributed by atoms with Gasteiger partial charge in [0, 0.05) is 0 Å². The minimum absolute atomic E-state index is 1.39. The highest BCUT2D eigenvalue weighted by Gasteiger charge is 2.85. The minimum atomic E-state index is -7.88. The van der Waals surface area contributed by atoms with Crippen LogP contribution in [0.1, 0.15) is 0 Å². The van der Waals surface area contributed by atoms with Crippen molar-refractivity contribution < 1.29 is 88.3 Å². The Kier molecular flexibility index (Phi) is 6.88. The molecule has 176 valence electrons. The lowest BCUT2D eigenvalue weighted by Crippen LogP contribution is -2.67. The van der Waals surface area contributed by atoms with Crippen molar-refractivity contribution in [2.75, 3.05) is 6.61 Å². The number of ether oxygens (including phenoxy) is 2. The summed E-state index contributed by atoms with van der Waals surface area (Å²) in [4.78, 5) is 0. The molecule has 0 radical (unpaired) electrons. The van der Waals surface area contributed by atoms with Gasteiger partial charge in [0.1, 0.15) is 6.61 Å². The maximum Gasteiger partial charge on any atom is 0.458 e. The number of alkyl halides is 15. The molecule has 0 saturated carbocycles. The molecule has 1 atom stereocenters. The maximum absolute atomic E-state index is 13.5. The van der Waals surface area contributed by atoms with E-state index in [1.165, 1.54) is 4.74 Å². The van der Waals surface area contributed by atoms with Crippen LogP contribution >= 0.6 is 0 Å². The van der Waals surface area contributed by atoms with Gasteiger partial charge in [-0.3, -0.25) is 9.29 Å². The van der Waals surface area contributed by atoms with E-state index in [4.69, 9.17) is 4.55 Å². The van der Waals surface area contributed by atoms with E-state index in [-0.39, 0.29) is 0 Å². The van der Waals surface area contributed by atoms with Gasteiger partial charge in [0.2, 0.25) is 0 Å². The fourth-order valence-electron chi connectivity index (χ4n) is 1.12. The summed E-state index contributed by atoms with van der Waals surface area (Å²) in [5.74, 6) is -15.5. The second kappa shape index (κ2) is 7.18. The molecule has 0 aromatic heterocycles. The highest BCUT2D eigenvalue weighted by Crippen LogP contribution is 2.55. The van der Waals surface area contributed by atoms with Gasteiger partial charge in [0.15, 0.2) is 0 Å². The highest BCUT2D eigenvalue weighted by atomic mass is 32.2. The quantitative estimate of drug-likeness (QED) is 0.405. The van der Waals surface area contributed by atoms with Gasteiger partial charge in [-0.25, -0.2) is 0 Å². The maximum atomic E-state index is 13.5. The van der Waals surface area contributed by atoms with E-state index in [2.05, 4.69) is 4.74 Å². The molecule has 0 bridgehead atoms. The monoisotopic (exact) mass is 496 g/mol. The fourth-order valence-corrected chi connectivity index (χ4v) is 1.56. The van der Waals surface area contributed by atoms with Crippen LogP contribution in [0.2, 0.25) is 0 Å². The van der Waals surface area contributed by atoms with Gasteiger partial charge < -0.3 is 4.74 Å². The molecule has 0 heterocycles. The molecule has 0 aromatic carbocycles. The van der Waals surface area contributed by atoms with E-state index in [0.717, 1.165) is 0 Å². The molecule has 1 N–H and O–H groups in total. The van der Waals surface area contributed by atoms with E-state index in [1.807, 2.05) is 0 Å². The van der Waals surface area contributed by atoms with E-state index in [9.17, 15) is 74.3 Å². The summed E-state index contributed by atoms with van der Waals surface area (Å²) in [5.41, 5.74) is 0. The first kappa shape index (κ1) is 27.8. The fraction of sp³-hybridized carbons (Fsp3) is 1.00. The first-order chi connectivity index (χ1) is 12.2. The van der Waals surface area contributed by atoms with Crippen LogP contribution in [-0.2, 0) is 19.6 Å². The molecule has 0 amide bonds. The van der Waals surface area contributed by atoms with E-state index in [0.29, 0.717) is 0 Å². The van der Waals surface area contributed by atoms with Crippen LogP contribution in [0.25, 0.3) is 0 Å². The molecule has 0 fully saturated rings. The Balaban J connectivity index is 6.39. The van der Waals surface area contributed by atoms with E-state index < -0.39 is 58.3 Å². The molecule has 0 rings (SSSR count). The molecule has 0 saturated heterocycles. The predicted molar refractivity (Wildman–Crippen MR) is 54.3 cm³/mol. The number of rotatable bonds is 8. The molecule has 21 heteroatoms. The van der Waals surface area contributed by atoms with Crippen molar-refractivity contribution in [3.05, 3.63) is 0 Å². The van der Waals surface area contributed by atoms with Gasteiger partial charge in [-0.05, 0) is 0 Å². The number of halogens is 15.